The average Bonchev–Trinajstić information content (AvgIpc) is 1.61. The summed E-state index contributed by atoms with van der Waals surface area (Å²) in [5, 5.41) is 8.68. The molecule has 2 heteroatoms. The molecule has 0 aliphatic carbocycles. The van der Waals surface area contributed by atoms with Crippen molar-refractivity contribution in [1.29, 1.82) is 5.41 Å². The Bertz CT molecular complexity index is 78.1. The van der Waals surface area contributed by atoms with E-state index in [0.717, 1.165) is 5.75 Å². The van der Waals surface area contributed by atoms with E-state index in [1.165, 1.54) is 0 Å². The van der Waals surface area contributed by atoms with Crippen molar-refractivity contribution in [2.24, 2.45) is 0 Å². The summed E-state index contributed by atoms with van der Waals surface area (Å²) >= 11 is 1.56. The standard InChI is InChI=1S/C5H9NS/c1-3-7-4-5(2)6/h3,6H,1,4H2,2H3. The van der Waals surface area contributed by atoms with Gasteiger partial charge in [0.05, 0.1) is 0 Å². The highest BCUT2D eigenvalue weighted by molar-refractivity contribution is 8.02. The van der Waals surface area contributed by atoms with Crippen molar-refractivity contribution in [2.45, 2.75) is 6.92 Å². The Hall–Kier alpha value is -0.240. The van der Waals surface area contributed by atoms with Gasteiger partial charge in [0.25, 0.3) is 0 Å². The summed E-state index contributed by atoms with van der Waals surface area (Å²) in [5.74, 6) is 0.781. The first-order valence-corrected chi connectivity index (χ1v) is 3.08. The van der Waals surface area contributed by atoms with Gasteiger partial charge < -0.3 is 5.41 Å². The molecular weight excluding hydrogens is 106 g/mol. The molecule has 0 heterocycles. The summed E-state index contributed by atoms with van der Waals surface area (Å²) in [4.78, 5) is 0. The smallest absolute Gasteiger partial charge is 0.0350 e. The molecule has 0 aromatic carbocycles. The van der Waals surface area contributed by atoms with Crippen LogP contribution in [0.1, 0.15) is 6.92 Å². The number of thioether (sulfide) groups is 1. The van der Waals surface area contributed by atoms with E-state index in [4.69, 9.17) is 5.41 Å². The predicted octanol–water partition coefficient (Wildman–Crippen LogP) is 1.90. The van der Waals surface area contributed by atoms with Gasteiger partial charge in [-0.3, -0.25) is 0 Å². The fourth-order valence-corrected chi connectivity index (χ4v) is 0.552. The Morgan fingerprint density at radius 1 is 2.00 bits per heavy atom. The van der Waals surface area contributed by atoms with Gasteiger partial charge in [0.15, 0.2) is 0 Å². The molecule has 0 aliphatic rings. The molecule has 0 aromatic rings. The van der Waals surface area contributed by atoms with Crippen molar-refractivity contribution in [1.82, 2.24) is 0 Å². The van der Waals surface area contributed by atoms with Gasteiger partial charge in [0.2, 0.25) is 0 Å². The van der Waals surface area contributed by atoms with Gasteiger partial charge in [-0.1, -0.05) is 6.58 Å². The Balaban J connectivity index is 2.97. The van der Waals surface area contributed by atoms with E-state index in [1.54, 1.807) is 24.1 Å². The summed E-state index contributed by atoms with van der Waals surface area (Å²) in [5.41, 5.74) is 0.699. The Labute approximate surface area is 48.3 Å². The van der Waals surface area contributed by atoms with Gasteiger partial charge in [-0.25, -0.2) is 0 Å². The second-order valence-corrected chi connectivity index (χ2v) is 2.21. The van der Waals surface area contributed by atoms with Gasteiger partial charge >= 0.3 is 0 Å². The number of rotatable bonds is 3. The summed E-state index contributed by atoms with van der Waals surface area (Å²) in [6, 6.07) is 0. The first-order chi connectivity index (χ1) is 3.27. The molecule has 0 amide bonds. The van der Waals surface area contributed by atoms with Crippen LogP contribution in [0.15, 0.2) is 12.0 Å². The lowest BCUT2D eigenvalue weighted by molar-refractivity contribution is 1.46. The zero-order valence-electron chi connectivity index (χ0n) is 4.40. The maximum absolute atomic E-state index is 6.93. The predicted molar refractivity (Wildman–Crippen MR) is 36.1 cm³/mol. The Kier molecular flexibility index (Phi) is 3.80. The van der Waals surface area contributed by atoms with Crippen LogP contribution >= 0.6 is 11.8 Å². The first kappa shape index (κ1) is 6.76. The fraction of sp³-hybridized carbons (Fsp3) is 0.400. The van der Waals surface area contributed by atoms with Crippen LogP contribution in [0.3, 0.4) is 0 Å². The van der Waals surface area contributed by atoms with Gasteiger partial charge in [0, 0.05) is 11.5 Å². The molecule has 0 aliphatic heterocycles. The maximum Gasteiger partial charge on any atom is 0.0350 e. The summed E-state index contributed by atoms with van der Waals surface area (Å²) in [6.07, 6.45) is 0. The SMILES string of the molecule is C=CSCC(C)=N. The van der Waals surface area contributed by atoms with E-state index in [9.17, 15) is 0 Å². The van der Waals surface area contributed by atoms with E-state index in [1.807, 2.05) is 0 Å². The molecule has 0 spiro atoms. The summed E-state index contributed by atoms with van der Waals surface area (Å²) in [7, 11) is 0. The van der Waals surface area contributed by atoms with Crippen molar-refractivity contribution in [3.8, 4) is 0 Å². The van der Waals surface area contributed by atoms with Crippen LogP contribution in [0, 0.1) is 5.41 Å². The second-order valence-electron chi connectivity index (χ2n) is 1.26. The lowest BCUT2D eigenvalue weighted by Crippen LogP contribution is -1.88. The molecule has 1 N–H and O–H groups in total. The monoisotopic (exact) mass is 115 g/mol. The molecule has 0 saturated carbocycles. The molecule has 0 radical (unpaired) electrons. The van der Waals surface area contributed by atoms with E-state index in [-0.39, 0.29) is 0 Å². The molecule has 0 bridgehead atoms. The van der Waals surface area contributed by atoms with Crippen molar-refractivity contribution < 1.29 is 0 Å². The van der Waals surface area contributed by atoms with E-state index in [0.29, 0.717) is 5.71 Å². The third kappa shape index (κ3) is 5.76. The zero-order valence-corrected chi connectivity index (χ0v) is 5.22. The van der Waals surface area contributed by atoms with Crippen LogP contribution in [0.2, 0.25) is 0 Å². The van der Waals surface area contributed by atoms with Crippen LogP contribution in [0.5, 0.6) is 0 Å². The minimum Gasteiger partial charge on any atom is -0.309 e. The highest BCUT2D eigenvalue weighted by Crippen LogP contribution is 1.97. The van der Waals surface area contributed by atoms with Gasteiger partial charge in [-0.05, 0) is 12.3 Å². The summed E-state index contributed by atoms with van der Waals surface area (Å²) < 4.78 is 0. The normalized spacial score (nSPS) is 8.14. The third-order valence-electron chi connectivity index (χ3n) is 0.418. The van der Waals surface area contributed by atoms with Gasteiger partial charge in [-0.2, -0.15) is 0 Å². The molecule has 7 heavy (non-hydrogen) atoms. The molecule has 0 saturated heterocycles. The van der Waals surface area contributed by atoms with E-state index < -0.39 is 0 Å². The summed E-state index contributed by atoms with van der Waals surface area (Å²) in [6.45, 7) is 5.29. The lowest BCUT2D eigenvalue weighted by Gasteiger charge is -1.86. The van der Waals surface area contributed by atoms with E-state index >= 15 is 0 Å². The highest BCUT2D eigenvalue weighted by Gasteiger charge is 1.81. The Morgan fingerprint density at radius 2 is 2.57 bits per heavy atom. The molecule has 0 aromatic heterocycles. The van der Waals surface area contributed by atoms with Gasteiger partial charge in [-0.15, -0.1) is 11.8 Å². The molecule has 0 fully saturated rings. The van der Waals surface area contributed by atoms with Crippen LogP contribution in [0.4, 0.5) is 0 Å². The number of nitrogens with one attached hydrogen (secondary N) is 1. The largest absolute Gasteiger partial charge is 0.309 e. The van der Waals surface area contributed by atoms with Crippen LogP contribution in [-0.4, -0.2) is 11.5 Å². The Morgan fingerprint density at radius 3 is 2.71 bits per heavy atom. The fourth-order valence-electron chi connectivity index (χ4n) is 0.184. The molecule has 1 nitrogen and oxygen atoms in total. The van der Waals surface area contributed by atoms with Gasteiger partial charge in [0.1, 0.15) is 0 Å². The van der Waals surface area contributed by atoms with E-state index in [2.05, 4.69) is 6.58 Å². The second kappa shape index (κ2) is 3.93. The van der Waals surface area contributed by atoms with Crippen molar-refractivity contribution in [2.75, 3.05) is 5.75 Å². The highest BCUT2D eigenvalue weighted by atomic mass is 32.2. The van der Waals surface area contributed by atoms with Crippen molar-refractivity contribution >= 4 is 17.5 Å². The number of hydrogen-bond acceptors (Lipinski definition) is 2. The van der Waals surface area contributed by atoms with Crippen LogP contribution in [-0.2, 0) is 0 Å². The van der Waals surface area contributed by atoms with Crippen molar-refractivity contribution in [3.05, 3.63) is 12.0 Å². The lowest BCUT2D eigenvalue weighted by atomic mass is 10.5. The molecule has 0 unspecified atom stereocenters. The average molecular weight is 115 g/mol. The first-order valence-electron chi connectivity index (χ1n) is 2.04. The molecule has 40 valence electrons. The quantitative estimate of drug-likeness (QED) is 0.558. The van der Waals surface area contributed by atoms with Crippen LogP contribution in [0.25, 0.3) is 0 Å². The third-order valence-corrected chi connectivity index (χ3v) is 1.25. The molecular formula is C5H9NS. The zero-order chi connectivity index (χ0) is 5.70. The maximum atomic E-state index is 6.93. The minimum absolute atomic E-state index is 0.699. The number of hydrogen-bond donors (Lipinski definition) is 1. The van der Waals surface area contributed by atoms with Crippen LogP contribution < -0.4 is 0 Å². The molecule has 0 atom stereocenters. The molecule has 0 rings (SSSR count). The minimum atomic E-state index is 0.699. The topological polar surface area (TPSA) is 23.9 Å². The van der Waals surface area contributed by atoms with Crippen molar-refractivity contribution in [3.63, 3.8) is 0 Å².